The fraction of sp³-hybridized carbons (Fsp3) is 0.125. The van der Waals surface area contributed by atoms with Gasteiger partial charge in [-0.1, -0.05) is 23.4 Å². The predicted molar refractivity (Wildman–Crippen MR) is 94.8 cm³/mol. The molecule has 0 atom stereocenters. The standard InChI is InChI=1S/C16H15N5O4S/c1-26(23,24)21-12-7-8-13(17-10-12)16-19-14(20-25-16)9-15(22)18-11-5-3-2-4-6-11/h2-8,10,21H,9H2,1H3,(H,18,22). The maximum Gasteiger partial charge on any atom is 0.276 e. The second-order valence-electron chi connectivity index (χ2n) is 5.41. The fourth-order valence-electron chi connectivity index (χ4n) is 2.09. The third-order valence-corrected chi connectivity index (χ3v) is 3.74. The smallest absolute Gasteiger partial charge is 0.276 e. The minimum absolute atomic E-state index is 0.0495. The van der Waals surface area contributed by atoms with Crippen molar-refractivity contribution in [3.63, 3.8) is 0 Å². The van der Waals surface area contributed by atoms with Crippen LogP contribution in [0.5, 0.6) is 0 Å². The van der Waals surface area contributed by atoms with E-state index in [0.717, 1.165) is 6.26 Å². The fourth-order valence-corrected chi connectivity index (χ4v) is 2.64. The molecular formula is C16H15N5O4S. The number of carbonyl (C=O) groups excluding carboxylic acids is 1. The number of benzene rings is 1. The van der Waals surface area contributed by atoms with Crippen molar-refractivity contribution in [2.45, 2.75) is 6.42 Å². The Hall–Kier alpha value is -3.27. The lowest BCUT2D eigenvalue weighted by Gasteiger charge is -2.02. The first-order valence-corrected chi connectivity index (χ1v) is 9.40. The van der Waals surface area contributed by atoms with E-state index in [1.54, 1.807) is 12.1 Å². The monoisotopic (exact) mass is 373 g/mol. The molecule has 0 spiro atoms. The Kier molecular flexibility index (Phi) is 4.94. The highest BCUT2D eigenvalue weighted by atomic mass is 32.2. The van der Waals surface area contributed by atoms with Crippen LogP contribution in [0.1, 0.15) is 5.82 Å². The Balaban J connectivity index is 1.65. The highest BCUT2D eigenvalue weighted by Crippen LogP contribution is 2.17. The molecule has 0 saturated heterocycles. The summed E-state index contributed by atoms with van der Waals surface area (Å²) < 4.78 is 29.8. The molecule has 2 N–H and O–H groups in total. The van der Waals surface area contributed by atoms with Crippen molar-refractivity contribution in [3.05, 3.63) is 54.5 Å². The summed E-state index contributed by atoms with van der Waals surface area (Å²) in [5.74, 6) is 0.0798. The second-order valence-corrected chi connectivity index (χ2v) is 7.16. The van der Waals surface area contributed by atoms with Crippen LogP contribution in [0.15, 0.2) is 53.2 Å². The zero-order valence-electron chi connectivity index (χ0n) is 13.7. The van der Waals surface area contributed by atoms with Gasteiger partial charge in [-0.3, -0.25) is 9.52 Å². The number of para-hydroxylation sites is 1. The number of nitrogens with zero attached hydrogens (tertiary/aromatic N) is 3. The van der Waals surface area contributed by atoms with Crippen molar-refractivity contribution < 1.29 is 17.7 Å². The van der Waals surface area contributed by atoms with Gasteiger partial charge in [0.1, 0.15) is 5.69 Å². The minimum atomic E-state index is -3.38. The van der Waals surface area contributed by atoms with Gasteiger partial charge in [-0.2, -0.15) is 4.98 Å². The number of sulfonamides is 1. The highest BCUT2D eigenvalue weighted by molar-refractivity contribution is 7.92. The van der Waals surface area contributed by atoms with Crippen molar-refractivity contribution in [2.24, 2.45) is 0 Å². The van der Waals surface area contributed by atoms with Crippen LogP contribution in [0, 0.1) is 0 Å². The van der Waals surface area contributed by atoms with Crippen LogP contribution in [-0.4, -0.2) is 35.7 Å². The Morgan fingerprint density at radius 3 is 2.54 bits per heavy atom. The predicted octanol–water partition coefficient (Wildman–Crippen LogP) is 1.68. The number of rotatable bonds is 6. The van der Waals surface area contributed by atoms with Crippen LogP contribution in [0.3, 0.4) is 0 Å². The minimum Gasteiger partial charge on any atom is -0.332 e. The summed E-state index contributed by atoms with van der Waals surface area (Å²) in [4.78, 5) is 20.2. The Morgan fingerprint density at radius 2 is 1.88 bits per heavy atom. The van der Waals surface area contributed by atoms with Gasteiger partial charge >= 0.3 is 0 Å². The van der Waals surface area contributed by atoms with E-state index in [1.807, 2.05) is 18.2 Å². The number of nitrogens with one attached hydrogen (secondary N) is 2. The van der Waals surface area contributed by atoms with E-state index in [1.165, 1.54) is 18.3 Å². The number of amides is 1. The van der Waals surface area contributed by atoms with E-state index < -0.39 is 10.0 Å². The van der Waals surface area contributed by atoms with Crippen LogP contribution >= 0.6 is 0 Å². The van der Waals surface area contributed by atoms with Gasteiger partial charge in [0.25, 0.3) is 5.89 Å². The molecule has 1 aromatic carbocycles. The lowest BCUT2D eigenvalue weighted by molar-refractivity contribution is -0.115. The van der Waals surface area contributed by atoms with Gasteiger partial charge in [-0.25, -0.2) is 13.4 Å². The molecule has 3 aromatic rings. The van der Waals surface area contributed by atoms with Crippen molar-refractivity contribution in [2.75, 3.05) is 16.3 Å². The van der Waals surface area contributed by atoms with Crippen molar-refractivity contribution >= 4 is 27.3 Å². The molecule has 0 aliphatic heterocycles. The van der Waals surface area contributed by atoms with Gasteiger partial charge in [0.2, 0.25) is 15.9 Å². The van der Waals surface area contributed by atoms with E-state index >= 15 is 0 Å². The number of hydrogen-bond donors (Lipinski definition) is 2. The number of aromatic nitrogens is 3. The molecule has 0 aliphatic rings. The van der Waals surface area contributed by atoms with E-state index in [9.17, 15) is 13.2 Å². The van der Waals surface area contributed by atoms with Crippen LogP contribution < -0.4 is 10.0 Å². The third-order valence-electron chi connectivity index (χ3n) is 3.13. The SMILES string of the molecule is CS(=O)(=O)Nc1ccc(-c2nc(CC(=O)Nc3ccccc3)no2)nc1. The zero-order valence-corrected chi connectivity index (χ0v) is 14.5. The Labute approximate surface area is 149 Å². The van der Waals surface area contributed by atoms with Crippen LogP contribution in [0.4, 0.5) is 11.4 Å². The normalized spacial score (nSPS) is 11.1. The van der Waals surface area contributed by atoms with Gasteiger partial charge in [-0.05, 0) is 24.3 Å². The summed E-state index contributed by atoms with van der Waals surface area (Å²) in [7, 11) is -3.38. The molecule has 0 radical (unpaired) electrons. The Bertz CT molecular complexity index is 1000. The van der Waals surface area contributed by atoms with Crippen molar-refractivity contribution in [3.8, 4) is 11.6 Å². The summed E-state index contributed by atoms with van der Waals surface area (Å²) >= 11 is 0. The summed E-state index contributed by atoms with van der Waals surface area (Å²) in [6.45, 7) is 0. The summed E-state index contributed by atoms with van der Waals surface area (Å²) in [6, 6.07) is 12.1. The summed E-state index contributed by atoms with van der Waals surface area (Å²) in [6.07, 6.45) is 2.33. The molecule has 9 nitrogen and oxygen atoms in total. The topological polar surface area (TPSA) is 127 Å². The number of pyridine rings is 1. The molecule has 2 aromatic heterocycles. The first-order valence-electron chi connectivity index (χ1n) is 7.51. The third kappa shape index (κ3) is 4.86. The molecule has 10 heteroatoms. The average Bonchev–Trinajstić information content (AvgIpc) is 3.03. The van der Waals surface area contributed by atoms with Crippen LogP contribution in [-0.2, 0) is 21.2 Å². The molecule has 0 saturated carbocycles. The molecule has 0 bridgehead atoms. The molecule has 0 fully saturated rings. The molecule has 0 aliphatic carbocycles. The van der Waals surface area contributed by atoms with Crippen LogP contribution in [0.25, 0.3) is 11.6 Å². The maximum absolute atomic E-state index is 12.0. The highest BCUT2D eigenvalue weighted by Gasteiger charge is 2.14. The van der Waals surface area contributed by atoms with E-state index in [-0.39, 0.29) is 24.0 Å². The molecule has 26 heavy (non-hydrogen) atoms. The molecule has 1 amide bonds. The van der Waals surface area contributed by atoms with E-state index in [4.69, 9.17) is 4.52 Å². The van der Waals surface area contributed by atoms with Crippen LogP contribution in [0.2, 0.25) is 0 Å². The van der Waals surface area contributed by atoms with Gasteiger partial charge in [0.15, 0.2) is 5.82 Å². The molecule has 134 valence electrons. The number of anilines is 2. The largest absolute Gasteiger partial charge is 0.332 e. The number of carbonyl (C=O) groups is 1. The van der Waals surface area contributed by atoms with Crippen molar-refractivity contribution in [1.29, 1.82) is 0 Å². The summed E-state index contributed by atoms with van der Waals surface area (Å²) in [5.41, 5.74) is 1.36. The van der Waals surface area contributed by atoms with Crippen molar-refractivity contribution in [1.82, 2.24) is 15.1 Å². The maximum atomic E-state index is 12.0. The molecular weight excluding hydrogens is 358 g/mol. The van der Waals surface area contributed by atoms with E-state index in [0.29, 0.717) is 17.1 Å². The van der Waals surface area contributed by atoms with Gasteiger partial charge in [0, 0.05) is 5.69 Å². The first-order chi connectivity index (χ1) is 12.4. The molecule has 3 rings (SSSR count). The quantitative estimate of drug-likeness (QED) is 0.673. The zero-order chi connectivity index (χ0) is 18.6. The van der Waals surface area contributed by atoms with Gasteiger partial charge in [-0.15, -0.1) is 0 Å². The number of hydrogen-bond acceptors (Lipinski definition) is 7. The summed E-state index contributed by atoms with van der Waals surface area (Å²) in [5, 5.41) is 6.48. The second kappa shape index (κ2) is 7.31. The molecule has 2 heterocycles. The lowest BCUT2D eigenvalue weighted by Crippen LogP contribution is -2.15. The van der Waals surface area contributed by atoms with Gasteiger partial charge in [0.05, 0.1) is 24.6 Å². The van der Waals surface area contributed by atoms with Gasteiger partial charge < -0.3 is 9.84 Å². The average molecular weight is 373 g/mol. The van der Waals surface area contributed by atoms with E-state index in [2.05, 4.69) is 25.2 Å². The first kappa shape index (κ1) is 17.5. The Morgan fingerprint density at radius 1 is 1.12 bits per heavy atom. The lowest BCUT2D eigenvalue weighted by atomic mass is 10.3. The molecule has 0 unspecified atom stereocenters.